The summed E-state index contributed by atoms with van der Waals surface area (Å²) in [6, 6.07) is 6.95. The Labute approximate surface area is 111 Å². The van der Waals surface area contributed by atoms with Crippen molar-refractivity contribution in [1.82, 2.24) is 5.32 Å². The van der Waals surface area contributed by atoms with Crippen molar-refractivity contribution in [3.63, 3.8) is 0 Å². The van der Waals surface area contributed by atoms with Gasteiger partial charge in [-0.1, -0.05) is 36.6 Å². The number of likely N-dealkylation sites (N-methyl/N-ethyl adjacent to an activating group) is 1. The second-order valence-corrected chi connectivity index (χ2v) is 5.51. The Kier molecular flexibility index (Phi) is 4.79. The lowest BCUT2D eigenvalue weighted by Gasteiger charge is -2.19. The van der Waals surface area contributed by atoms with Crippen LogP contribution in [0, 0.1) is 19.8 Å². The van der Waals surface area contributed by atoms with Crippen LogP contribution in [0.25, 0.3) is 0 Å². The minimum absolute atomic E-state index is 0.310. The molecular weight excluding hydrogens is 222 g/mol. The van der Waals surface area contributed by atoms with E-state index in [1.165, 1.54) is 36.0 Å². The van der Waals surface area contributed by atoms with E-state index in [-0.39, 0.29) is 0 Å². The van der Waals surface area contributed by atoms with E-state index < -0.39 is 0 Å². The summed E-state index contributed by atoms with van der Waals surface area (Å²) in [5, 5.41) is 3.36. The fourth-order valence-corrected chi connectivity index (χ4v) is 2.40. The highest BCUT2D eigenvalue weighted by molar-refractivity contribution is 5.32. The average Bonchev–Trinajstić information content (AvgIpc) is 3.15. The molecule has 0 amide bonds. The topological polar surface area (TPSA) is 21.3 Å². The third kappa shape index (κ3) is 3.82. The van der Waals surface area contributed by atoms with Gasteiger partial charge in [0, 0.05) is 6.61 Å². The summed E-state index contributed by atoms with van der Waals surface area (Å²) in [7, 11) is 2.01. The molecule has 0 aliphatic heterocycles. The van der Waals surface area contributed by atoms with Gasteiger partial charge in [0.2, 0.25) is 0 Å². The summed E-state index contributed by atoms with van der Waals surface area (Å²) in [5.41, 5.74) is 4.02. The molecule has 0 heterocycles. The summed E-state index contributed by atoms with van der Waals surface area (Å²) in [4.78, 5) is 0. The van der Waals surface area contributed by atoms with Gasteiger partial charge in [0.15, 0.2) is 0 Å². The maximum Gasteiger partial charge on any atom is 0.0661 e. The molecule has 0 aromatic heterocycles. The van der Waals surface area contributed by atoms with Crippen molar-refractivity contribution in [2.45, 2.75) is 39.2 Å². The zero-order chi connectivity index (χ0) is 13.0. The molecule has 1 fully saturated rings. The monoisotopic (exact) mass is 247 g/mol. The van der Waals surface area contributed by atoms with E-state index in [4.69, 9.17) is 4.74 Å². The second kappa shape index (κ2) is 6.35. The number of nitrogens with one attached hydrogen (secondary N) is 1. The van der Waals surface area contributed by atoms with E-state index in [0.29, 0.717) is 6.04 Å². The molecule has 2 rings (SSSR count). The van der Waals surface area contributed by atoms with Crippen LogP contribution in [0.15, 0.2) is 18.2 Å². The molecule has 1 unspecified atom stereocenters. The van der Waals surface area contributed by atoms with Gasteiger partial charge in [-0.2, -0.15) is 0 Å². The average molecular weight is 247 g/mol. The Morgan fingerprint density at radius 3 is 2.72 bits per heavy atom. The Morgan fingerprint density at radius 2 is 2.11 bits per heavy atom. The molecular formula is C16H25NO. The fourth-order valence-electron chi connectivity index (χ4n) is 2.40. The zero-order valence-corrected chi connectivity index (χ0v) is 11.8. The smallest absolute Gasteiger partial charge is 0.0661 e. The lowest BCUT2D eigenvalue weighted by molar-refractivity contribution is 0.108. The molecule has 0 bridgehead atoms. The van der Waals surface area contributed by atoms with Gasteiger partial charge in [-0.15, -0.1) is 0 Å². The van der Waals surface area contributed by atoms with Crippen molar-refractivity contribution < 1.29 is 4.74 Å². The van der Waals surface area contributed by atoms with Crippen LogP contribution in [-0.4, -0.2) is 20.3 Å². The highest BCUT2D eigenvalue weighted by Gasteiger charge is 2.20. The van der Waals surface area contributed by atoms with Gasteiger partial charge < -0.3 is 10.1 Å². The first-order chi connectivity index (χ1) is 8.70. The predicted octanol–water partition coefficient (Wildman–Crippen LogP) is 3.38. The van der Waals surface area contributed by atoms with Crippen molar-refractivity contribution in [1.29, 1.82) is 0 Å². The molecule has 18 heavy (non-hydrogen) atoms. The summed E-state index contributed by atoms with van der Waals surface area (Å²) in [5.74, 6) is 0.958. The Balaban J connectivity index is 1.85. The van der Waals surface area contributed by atoms with Gasteiger partial charge in [0.25, 0.3) is 0 Å². The highest BCUT2D eigenvalue weighted by Crippen LogP contribution is 2.32. The standard InChI is InChI=1S/C16H25NO/c1-12-4-7-15(13(2)10-12)16(17-3)11-18-9-8-14-5-6-14/h4,7,10,14,16-17H,5-6,8-9,11H2,1-3H3. The quantitative estimate of drug-likeness (QED) is 0.746. The lowest BCUT2D eigenvalue weighted by atomic mass is 10.00. The van der Waals surface area contributed by atoms with Gasteiger partial charge in [-0.25, -0.2) is 0 Å². The van der Waals surface area contributed by atoms with Crippen LogP contribution in [0.3, 0.4) is 0 Å². The van der Waals surface area contributed by atoms with Crippen LogP contribution in [0.1, 0.15) is 42.0 Å². The Morgan fingerprint density at radius 1 is 1.33 bits per heavy atom. The number of hydrogen-bond acceptors (Lipinski definition) is 2. The largest absolute Gasteiger partial charge is 0.379 e. The molecule has 1 atom stereocenters. The van der Waals surface area contributed by atoms with Crippen LogP contribution in [0.4, 0.5) is 0 Å². The SMILES string of the molecule is CNC(COCCC1CC1)c1ccc(C)cc1C. The van der Waals surface area contributed by atoms with E-state index in [0.717, 1.165) is 19.1 Å². The molecule has 2 nitrogen and oxygen atoms in total. The number of ether oxygens (including phenoxy) is 1. The van der Waals surface area contributed by atoms with Gasteiger partial charge in [0.05, 0.1) is 12.6 Å². The molecule has 1 N–H and O–H groups in total. The van der Waals surface area contributed by atoms with Crippen LogP contribution in [-0.2, 0) is 4.74 Å². The maximum absolute atomic E-state index is 5.81. The van der Waals surface area contributed by atoms with E-state index in [1.54, 1.807) is 0 Å². The van der Waals surface area contributed by atoms with Gasteiger partial charge in [-0.05, 0) is 44.4 Å². The molecule has 1 aliphatic carbocycles. The lowest BCUT2D eigenvalue weighted by Crippen LogP contribution is -2.23. The number of aryl methyl sites for hydroxylation is 2. The van der Waals surface area contributed by atoms with Crippen molar-refractivity contribution in [3.8, 4) is 0 Å². The Hall–Kier alpha value is -0.860. The van der Waals surface area contributed by atoms with E-state index >= 15 is 0 Å². The normalized spacial score (nSPS) is 16.8. The van der Waals surface area contributed by atoms with Crippen molar-refractivity contribution >= 4 is 0 Å². The minimum Gasteiger partial charge on any atom is -0.379 e. The molecule has 1 aromatic carbocycles. The molecule has 100 valence electrons. The molecule has 0 spiro atoms. The third-order valence-corrected chi connectivity index (χ3v) is 3.80. The fraction of sp³-hybridized carbons (Fsp3) is 0.625. The summed E-state index contributed by atoms with van der Waals surface area (Å²) >= 11 is 0. The van der Waals surface area contributed by atoms with Gasteiger partial charge >= 0.3 is 0 Å². The first kappa shape index (κ1) is 13.6. The molecule has 0 saturated heterocycles. The van der Waals surface area contributed by atoms with E-state index in [1.807, 2.05) is 7.05 Å². The van der Waals surface area contributed by atoms with Crippen molar-refractivity contribution in [2.75, 3.05) is 20.3 Å². The van der Waals surface area contributed by atoms with Crippen molar-refractivity contribution in [2.24, 2.45) is 5.92 Å². The molecule has 1 saturated carbocycles. The maximum atomic E-state index is 5.81. The zero-order valence-electron chi connectivity index (χ0n) is 11.8. The van der Waals surface area contributed by atoms with E-state index in [9.17, 15) is 0 Å². The second-order valence-electron chi connectivity index (χ2n) is 5.51. The van der Waals surface area contributed by atoms with Crippen LogP contribution < -0.4 is 5.32 Å². The molecule has 1 aliphatic rings. The van der Waals surface area contributed by atoms with Crippen molar-refractivity contribution in [3.05, 3.63) is 34.9 Å². The Bertz CT molecular complexity index is 385. The third-order valence-electron chi connectivity index (χ3n) is 3.80. The number of rotatable bonds is 7. The number of benzene rings is 1. The summed E-state index contributed by atoms with van der Waals surface area (Å²) < 4.78 is 5.81. The van der Waals surface area contributed by atoms with Gasteiger partial charge in [0.1, 0.15) is 0 Å². The van der Waals surface area contributed by atoms with Gasteiger partial charge in [-0.3, -0.25) is 0 Å². The number of hydrogen-bond donors (Lipinski definition) is 1. The predicted molar refractivity (Wildman–Crippen MR) is 75.9 cm³/mol. The highest BCUT2D eigenvalue weighted by atomic mass is 16.5. The summed E-state index contributed by atoms with van der Waals surface area (Å²) in [6.07, 6.45) is 4.06. The van der Waals surface area contributed by atoms with E-state index in [2.05, 4.69) is 37.4 Å². The summed E-state index contributed by atoms with van der Waals surface area (Å²) in [6.45, 7) is 6.00. The van der Waals surface area contributed by atoms with Crippen LogP contribution in [0.5, 0.6) is 0 Å². The van der Waals surface area contributed by atoms with Crippen LogP contribution in [0.2, 0.25) is 0 Å². The molecule has 0 radical (unpaired) electrons. The molecule has 2 heteroatoms. The first-order valence-corrected chi connectivity index (χ1v) is 7.03. The first-order valence-electron chi connectivity index (χ1n) is 7.03. The van der Waals surface area contributed by atoms with Crippen LogP contribution >= 0.6 is 0 Å². The molecule has 1 aromatic rings. The minimum atomic E-state index is 0.310.